The molecular formula is C54H61BN2. The Morgan fingerprint density at radius 1 is 0.386 bits per heavy atom. The van der Waals surface area contributed by atoms with E-state index in [1.165, 1.54) is 95.0 Å². The van der Waals surface area contributed by atoms with E-state index in [9.17, 15) is 0 Å². The normalized spacial score (nSPS) is 14.0. The molecule has 0 atom stereocenters. The van der Waals surface area contributed by atoms with Gasteiger partial charge in [-0.05, 0) is 128 Å². The van der Waals surface area contributed by atoms with Gasteiger partial charge in [-0.2, -0.15) is 0 Å². The predicted molar refractivity (Wildman–Crippen MR) is 250 cm³/mol. The highest BCUT2D eigenvalue weighted by atomic mass is 15.2. The van der Waals surface area contributed by atoms with Crippen molar-refractivity contribution >= 4 is 57.2 Å². The van der Waals surface area contributed by atoms with Crippen LogP contribution in [0.3, 0.4) is 0 Å². The zero-order chi connectivity index (χ0) is 41.0. The van der Waals surface area contributed by atoms with Crippen LogP contribution in [-0.2, 0) is 21.7 Å². The molecule has 0 bridgehead atoms. The van der Waals surface area contributed by atoms with Gasteiger partial charge in [-0.25, -0.2) is 0 Å². The van der Waals surface area contributed by atoms with Crippen LogP contribution >= 0.6 is 0 Å². The lowest BCUT2D eigenvalue weighted by molar-refractivity contribution is 0.569. The molecule has 0 saturated carbocycles. The summed E-state index contributed by atoms with van der Waals surface area (Å²) in [6.07, 6.45) is 0. The molecule has 0 N–H and O–H groups in total. The Labute approximate surface area is 344 Å². The summed E-state index contributed by atoms with van der Waals surface area (Å²) in [4.78, 5) is 5.11. The Hall–Kier alpha value is -5.02. The fraction of sp³-hybridized carbons (Fsp3) is 0.333. The highest BCUT2D eigenvalue weighted by molar-refractivity contribution is 7.00. The fourth-order valence-electron chi connectivity index (χ4n) is 8.91. The summed E-state index contributed by atoms with van der Waals surface area (Å²) in [5, 5.41) is 0. The van der Waals surface area contributed by atoms with Crippen molar-refractivity contribution in [3.05, 3.63) is 149 Å². The monoisotopic (exact) mass is 748 g/mol. The van der Waals surface area contributed by atoms with Gasteiger partial charge in [0.15, 0.2) is 0 Å². The van der Waals surface area contributed by atoms with Crippen molar-refractivity contribution in [2.75, 3.05) is 9.80 Å². The number of benzene rings is 6. The Morgan fingerprint density at radius 3 is 1.35 bits per heavy atom. The first-order chi connectivity index (χ1) is 26.6. The molecule has 3 heteroatoms. The molecule has 2 aliphatic rings. The summed E-state index contributed by atoms with van der Waals surface area (Å²) < 4.78 is 0. The molecule has 8 rings (SSSR count). The topological polar surface area (TPSA) is 6.48 Å². The van der Waals surface area contributed by atoms with Crippen LogP contribution in [0.5, 0.6) is 0 Å². The molecule has 6 aromatic rings. The van der Waals surface area contributed by atoms with E-state index < -0.39 is 0 Å². The predicted octanol–water partition coefficient (Wildman–Crippen LogP) is 13.2. The number of anilines is 6. The molecule has 57 heavy (non-hydrogen) atoms. The zero-order valence-electron chi connectivity index (χ0n) is 36.9. The highest BCUT2D eigenvalue weighted by Crippen LogP contribution is 2.48. The van der Waals surface area contributed by atoms with Gasteiger partial charge in [0.1, 0.15) is 0 Å². The summed E-state index contributed by atoms with van der Waals surface area (Å²) in [5.41, 5.74) is 22.0. The summed E-state index contributed by atoms with van der Waals surface area (Å²) in [6, 6.07) is 45.1. The molecule has 0 spiro atoms. The molecule has 0 amide bonds. The third-order valence-corrected chi connectivity index (χ3v) is 12.4. The van der Waals surface area contributed by atoms with Gasteiger partial charge in [0, 0.05) is 34.0 Å². The van der Waals surface area contributed by atoms with E-state index in [1.54, 1.807) is 0 Å². The largest absolute Gasteiger partial charge is 0.311 e. The van der Waals surface area contributed by atoms with E-state index in [0.29, 0.717) is 0 Å². The molecule has 0 unspecified atom stereocenters. The fourth-order valence-corrected chi connectivity index (χ4v) is 8.91. The van der Waals surface area contributed by atoms with Gasteiger partial charge in [0.05, 0.1) is 5.69 Å². The lowest BCUT2D eigenvalue weighted by Crippen LogP contribution is -2.61. The molecule has 6 aromatic carbocycles. The van der Waals surface area contributed by atoms with Gasteiger partial charge < -0.3 is 9.80 Å². The van der Waals surface area contributed by atoms with E-state index in [0.717, 1.165) is 0 Å². The lowest BCUT2D eigenvalue weighted by Gasteiger charge is -2.44. The minimum Gasteiger partial charge on any atom is -0.311 e. The van der Waals surface area contributed by atoms with E-state index in [2.05, 4.69) is 222 Å². The van der Waals surface area contributed by atoms with Crippen LogP contribution in [0.1, 0.15) is 116 Å². The second kappa shape index (κ2) is 13.3. The number of fused-ring (bicyclic) bond motifs is 4. The van der Waals surface area contributed by atoms with Gasteiger partial charge in [-0.15, -0.1) is 0 Å². The molecule has 0 aliphatic carbocycles. The molecular weight excluding hydrogens is 687 g/mol. The third kappa shape index (κ3) is 6.81. The van der Waals surface area contributed by atoms with E-state index in [1.807, 2.05) is 0 Å². The van der Waals surface area contributed by atoms with Crippen LogP contribution in [0.25, 0.3) is 11.1 Å². The highest BCUT2D eigenvalue weighted by Gasteiger charge is 2.43. The Morgan fingerprint density at radius 2 is 0.842 bits per heavy atom. The van der Waals surface area contributed by atoms with Crippen LogP contribution in [-0.4, -0.2) is 6.71 Å². The van der Waals surface area contributed by atoms with Crippen LogP contribution in [0, 0.1) is 13.8 Å². The van der Waals surface area contributed by atoms with Gasteiger partial charge in [0.2, 0.25) is 0 Å². The van der Waals surface area contributed by atoms with Crippen molar-refractivity contribution in [3.63, 3.8) is 0 Å². The minimum atomic E-state index is -0.0136. The molecule has 2 aliphatic heterocycles. The Kier molecular flexibility index (Phi) is 9.04. The third-order valence-electron chi connectivity index (χ3n) is 12.4. The second-order valence-electron chi connectivity index (χ2n) is 21.0. The maximum atomic E-state index is 2.59. The van der Waals surface area contributed by atoms with Crippen molar-refractivity contribution in [2.45, 2.75) is 119 Å². The summed E-state index contributed by atoms with van der Waals surface area (Å²) in [6.45, 7) is 32.5. The van der Waals surface area contributed by atoms with Gasteiger partial charge in [-0.3, -0.25) is 0 Å². The maximum absolute atomic E-state index is 2.59. The van der Waals surface area contributed by atoms with Crippen LogP contribution in [0.2, 0.25) is 0 Å². The minimum absolute atomic E-state index is 0.00114. The first kappa shape index (κ1) is 38.8. The van der Waals surface area contributed by atoms with Crippen molar-refractivity contribution < 1.29 is 0 Å². The summed E-state index contributed by atoms with van der Waals surface area (Å²) in [5.74, 6) is 0. The lowest BCUT2D eigenvalue weighted by atomic mass is 9.33. The van der Waals surface area contributed by atoms with Crippen LogP contribution < -0.4 is 26.2 Å². The van der Waals surface area contributed by atoms with Gasteiger partial charge in [-0.1, -0.05) is 161 Å². The summed E-state index contributed by atoms with van der Waals surface area (Å²) >= 11 is 0. The SMILES string of the molecule is Cc1ccc2c(c1)B1c3cc(C)ccc3N(c3ccc(C(C)(C)C)cc3-c3cc(C(C)(C)C)cc(C(C)(C)C)c3)c3cccc(c31)N2c1ccc(C(C)(C)C)cc1. The summed E-state index contributed by atoms with van der Waals surface area (Å²) in [7, 11) is 0. The van der Waals surface area contributed by atoms with Crippen molar-refractivity contribution in [2.24, 2.45) is 0 Å². The molecule has 2 nitrogen and oxygen atoms in total. The Balaban J connectivity index is 1.44. The van der Waals surface area contributed by atoms with Crippen molar-refractivity contribution in [3.8, 4) is 11.1 Å². The first-order valence-electron chi connectivity index (χ1n) is 21.0. The average molecular weight is 749 g/mol. The van der Waals surface area contributed by atoms with E-state index in [4.69, 9.17) is 0 Å². The molecule has 0 aromatic heterocycles. The molecule has 2 heterocycles. The zero-order valence-corrected chi connectivity index (χ0v) is 36.9. The molecule has 0 saturated heterocycles. The van der Waals surface area contributed by atoms with E-state index >= 15 is 0 Å². The quantitative estimate of drug-likeness (QED) is 0.166. The average Bonchev–Trinajstić information content (AvgIpc) is 3.13. The maximum Gasteiger partial charge on any atom is 0.252 e. The van der Waals surface area contributed by atoms with Gasteiger partial charge in [0.25, 0.3) is 6.71 Å². The second-order valence-corrected chi connectivity index (χ2v) is 21.0. The number of nitrogens with zero attached hydrogens (tertiary/aromatic N) is 2. The Bertz CT molecular complexity index is 2500. The first-order valence-corrected chi connectivity index (χ1v) is 21.0. The van der Waals surface area contributed by atoms with Crippen molar-refractivity contribution in [1.82, 2.24) is 0 Å². The van der Waals surface area contributed by atoms with E-state index in [-0.39, 0.29) is 28.4 Å². The van der Waals surface area contributed by atoms with Crippen LogP contribution in [0.4, 0.5) is 34.1 Å². The van der Waals surface area contributed by atoms with Gasteiger partial charge >= 0.3 is 0 Å². The molecule has 290 valence electrons. The standard InChI is InChI=1S/C54H61BN2/c1-34-18-25-46-43(28-34)55-44-29-35(2)19-26-47(44)57(49-17-15-16-48(50(49)55)56(46)41-23-20-37(21-24-41)51(3,4)5)45-27-22-38(52(6,7)8)33-42(45)36-30-39(53(9,10)11)32-40(31-36)54(12,13)14/h15-33H,1-14H3. The number of hydrogen-bond donors (Lipinski definition) is 0. The number of rotatable bonds is 3. The molecule has 0 fully saturated rings. The van der Waals surface area contributed by atoms with Crippen LogP contribution in [0.15, 0.2) is 115 Å². The number of aryl methyl sites for hydroxylation is 2. The smallest absolute Gasteiger partial charge is 0.252 e. The van der Waals surface area contributed by atoms with Crippen molar-refractivity contribution in [1.29, 1.82) is 0 Å². The molecule has 0 radical (unpaired) electrons. The number of hydrogen-bond acceptors (Lipinski definition) is 2.